The maximum Gasteiger partial charge on any atom is 0.290 e. The SMILES string of the molecule is Cc1nc2ccc(Br)cn2c1C(=O)NN=Cc1ccc2c(c1)OCO2. The monoisotopic (exact) mass is 400 g/mol. The van der Waals surface area contributed by atoms with Gasteiger partial charge in [-0.1, -0.05) is 0 Å². The summed E-state index contributed by atoms with van der Waals surface area (Å²) in [7, 11) is 0. The number of hydrogen-bond acceptors (Lipinski definition) is 5. The number of hydrogen-bond donors (Lipinski definition) is 1. The molecule has 0 spiro atoms. The van der Waals surface area contributed by atoms with Crippen LogP contribution in [-0.2, 0) is 0 Å². The highest BCUT2D eigenvalue weighted by molar-refractivity contribution is 9.10. The van der Waals surface area contributed by atoms with Gasteiger partial charge in [0.05, 0.1) is 11.9 Å². The van der Waals surface area contributed by atoms with E-state index in [1.54, 1.807) is 35.9 Å². The number of nitrogens with zero attached hydrogens (tertiary/aromatic N) is 3. The second-order valence-electron chi connectivity index (χ2n) is 5.43. The van der Waals surface area contributed by atoms with Crippen molar-refractivity contribution < 1.29 is 14.3 Å². The van der Waals surface area contributed by atoms with Gasteiger partial charge >= 0.3 is 0 Å². The Morgan fingerprint density at radius 2 is 2.16 bits per heavy atom. The largest absolute Gasteiger partial charge is 0.454 e. The zero-order chi connectivity index (χ0) is 17.4. The third-order valence-electron chi connectivity index (χ3n) is 3.75. The summed E-state index contributed by atoms with van der Waals surface area (Å²) >= 11 is 3.40. The van der Waals surface area contributed by atoms with Crippen LogP contribution in [-0.4, -0.2) is 28.3 Å². The van der Waals surface area contributed by atoms with Crippen LogP contribution < -0.4 is 14.9 Å². The second kappa shape index (κ2) is 6.21. The molecule has 0 bridgehead atoms. The van der Waals surface area contributed by atoms with Crippen molar-refractivity contribution in [2.45, 2.75) is 6.92 Å². The minimum atomic E-state index is -0.333. The third kappa shape index (κ3) is 2.96. The van der Waals surface area contributed by atoms with Gasteiger partial charge in [-0.2, -0.15) is 5.10 Å². The molecule has 0 unspecified atom stereocenters. The number of aryl methyl sites for hydroxylation is 1. The number of halogens is 1. The van der Waals surface area contributed by atoms with Gasteiger partial charge in [0, 0.05) is 10.7 Å². The molecule has 7 nitrogen and oxygen atoms in total. The second-order valence-corrected chi connectivity index (χ2v) is 6.35. The molecule has 0 aliphatic carbocycles. The first-order valence-corrected chi connectivity index (χ1v) is 8.28. The van der Waals surface area contributed by atoms with Crippen molar-refractivity contribution in [3.8, 4) is 11.5 Å². The molecule has 4 rings (SSSR count). The normalized spacial score (nSPS) is 12.9. The highest BCUT2D eigenvalue weighted by Crippen LogP contribution is 2.31. The van der Waals surface area contributed by atoms with Crippen LogP contribution in [0.5, 0.6) is 11.5 Å². The van der Waals surface area contributed by atoms with E-state index in [-0.39, 0.29) is 12.7 Å². The maximum absolute atomic E-state index is 12.5. The quantitative estimate of drug-likeness (QED) is 0.541. The number of benzene rings is 1. The Labute approximate surface area is 151 Å². The van der Waals surface area contributed by atoms with Crippen molar-refractivity contribution in [2.75, 3.05) is 6.79 Å². The Bertz CT molecular complexity index is 1010. The van der Waals surface area contributed by atoms with Gasteiger partial charge in [-0.15, -0.1) is 0 Å². The van der Waals surface area contributed by atoms with Gasteiger partial charge in [-0.05, 0) is 58.7 Å². The lowest BCUT2D eigenvalue weighted by Crippen LogP contribution is -2.20. The number of nitrogens with one attached hydrogen (secondary N) is 1. The fraction of sp³-hybridized carbons (Fsp3) is 0.118. The molecule has 3 aromatic rings. The molecule has 126 valence electrons. The predicted molar refractivity (Wildman–Crippen MR) is 95.3 cm³/mol. The van der Waals surface area contributed by atoms with Crippen LogP contribution in [0.25, 0.3) is 5.65 Å². The van der Waals surface area contributed by atoms with E-state index in [1.165, 1.54) is 0 Å². The van der Waals surface area contributed by atoms with Crippen LogP contribution in [0.4, 0.5) is 0 Å². The smallest absolute Gasteiger partial charge is 0.290 e. The van der Waals surface area contributed by atoms with E-state index in [4.69, 9.17) is 9.47 Å². The zero-order valence-electron chi connectivity index (χ0n) is 13.2. The molecule has 0 fully saturated rings. The van der Waals surface area contributed by atoms with E-state index >= 15 is 0 Å². The number of amides is 1. The molecule has 3 heterocycles. The van der Waals surface area contributed by atoms with Crippen molar-refractivity contribution >= 4 is 33.7 Å². The average Bonchev–Trinajstić information content (AvgIpc) is 3.17. The van der Waals surface area contributed by atoms with Gasteiger partial charge in [-0.25, -0.2) is 10.4 Å². The van der Waals surface area contributed by atoms with E-state index in [0.29, 0.717) is 28.5 Å². The van der Waals surface area contributed by atoms with Crippen LogP contribution in [0.1, 0.15) is 21.7 Å². The minimum Gasteiger partial charge on any atom is -0.454 e. The number of imidazole rings is 1. The standard InChI is InChI=1S/C17H13BrN4O3/c1-10-16(22-8-12(18)3-5-15(22)20-10)17(23)21-19-7-11-2-4-13-14(6-11)25-9-24-13/h2-8H,9H2,1H3,(H,21,23). The molecular weight excluding hydrogens is 388 g/mol. The molecule has 1 aliphatic heterocycles. The number of rotatable bonds is 3. The predicted octanol–water partition coefficient (Wildman–Crippen LogP) is 2.90. The van der Waals surface area contributed by atoms with Crippen LogP contribution in [0.2, 0.25) is 0 Å². The summed E-state index contributed by atoms with van der Waals surface area (Å²) in [6, 6.07) is 9.15. The van der Waals surface area contributed by atoms with Crippen LogP contribution in [0.15, 0.2) is 46.1 Å². The van der Waals surface area contributed by atoms with E-state index in [0.717, 1.165) is 10.0 Å². The summed E-state index contributed by atoms with van der Waals surface area (Å²) < 4.78 is 13.2. The van der Waals surface area contributed by atoms with Gasteiger partial charge in [0.15, 0.2) is 11.5 Å². The lowest BCUT2D eigenvalue weighted by atomic mass is 10.2. The van der Waals surface area contributed by atoms with Crippen molar-refractivity contribution in [2.24, 2.45) is 5.10 Å². The summed E-state index contributed by atoms with van der Waals surface area (Å²) in [5.41, 5.74) is 5.11. The first kappa shape index (κ1) is 15.6. The summed E-state index contributed by atoms with van der Waals surface area (Å²) in [6.45, 7) is 2.01. The van der Waals surface area contributed by atoms with E-state index in [2.05, 4.69) is 31.4 Å². The molecule has 8 heteroatoms. The van der Waals surface area contributed by atoms with Crippen molar-refractivity contribution in [1.82, 2.24) is 14.8 Å². The summed E-state index contributed by atoms with van der Waals surface area (Å²) in [5.74, 6) is 1.03. The average molecular weight is 401 g/mol. The van der Waals surface area contributed by atoms with E-state index in [9.17, 15) is 4.79 Å². The van der Waals surface area contributed by atoms with E-state index in [1.807, 2.05) is 18.2 Å². The minimum absolute atomic E-state index is 0.218. The van der Waals surface area contributed by atoms with Crippen LogP contribution in [0, 0.1) is 6.92 Å². The molecule has 0 atom stereocenters. The lowest BCUT2D eigenvalue weighted by Gasteiger charge is -2.02. The number of pyridine rings is 1. The molecule has 0 saturated heterocycles. The van der Waals surface area contributed by atoms with Gasteiger partial charge in [0.1, 0.15) is 11.3 Å². The first-order chi connectivity index (χ1) is 12.1. The zero-order valence-corrected chi connectivity index (χ0v) is 14.8. The Morgan fingerprint density at radius 3 is 3.04 bits per heavy atom. The molecule has 1 aromatic carbocycles. The van der Waals surface area contributed by atoms with Gasteiger partial charge < -0.3 is 9.47 Å². The summed E-state index contributed by atoms with van der Waals surface area (Å²) in [5, 5.41) is 4.02. The Balaban J connectivity index is 1.54. The summed E-state index contributed by atoms with van der Waals surface area (Å²) in [4.78, 5) is 16.9. The van der Waals surface area contributed by atoms with E-state index < -0.39 is 0 Å². The number of carbonyl (C=O) groups excluding carboxylic acids is 1. The molecule has 1 aliphatic rings. The fourth-order valence-corrected chi connectivity index (χ4v) is 2.96. The maximum atomic E-state index is 12.5. The Morgan fingerprint density at radius 1 is 1.32 bits per heavy atom. The number of ether oxygens (including phenoxy) is 2. The third-order valence-corrected chi connectivity index (χ3v) is 4.22. The Hall–Kier alpha value is -2.87. The molecule has 0 radical (unpaired) electrons. The van der Waals surface area contributed by atoms with Crippen molar-refractivity contribution in [3.05, 3.63) is 58.0 Å². The first-order valence-electron chi connectivity index (χ1n) is 7.49. The van der Waals surface area contributed by atoms with Gasteiger partial charge in [0.2, 0.25) is 6.79 Å². The number of carbonyl (C=O) groups is 1. The topological polar surface area (TPSA) is 77.2 Å². The fourth-order valence-electron chi connectivity index (χ4n) is 2.62. The highest BCUT2D eigenvalue weighted by atomic mass is 79.9. The molecule has 1 amide bonds. The number of hydrazone groups is 1. The molecule has 2 aromatic heterocycles. The molecular formula is C17H13BrN4O3. The highest BCUT2D eigenvalue weighted by Gasteiger charge is 2.16. The van der Waals surface area contributed by atoms with Crippen molar-refractivity contribution in [3.63, 3.8) is 0 Å². The lowest BCUT2D eigenvalue weighted by molar-refractivity contribution is 0.0948. The van der Waals surface area contributed by atoms with Crippen molar-refractivity contribution in [1.29, 1.82) is 0 Å². The summed E-state index contributed by atoms with van der Waals surface area (Å²) in [6.07, 6.45) is 3.35. The van der Waals surface area contributed by atoms with Crippen LogP contribution >= 0.6 is 15.9 Å². The molecule has 0 saturated carbocycles. The molecule has 25 heavy (non-hydrogen) atoms. The Kier molecular flexibility index (Phi) is 3.89. The van der Waals surface area contributed by atoms with Gasteiger partial charge in [-0.3, -0.25) is 9.20 Å². The van der Waals surface area contributed by atoms with Gasteiger partial charge in [0.25, 0.3) is 5.91 Å². The number of aromatic nitrogens is 2. The number of fused-ring (bicyclic) bond motifs is 2. The molecule has 1 N–H and O–H groups in total. The van der Waals surface area contributed by atoms with Crippen LogP contribution in [0.3, 0.4) is 0 Å².